The van der Waals surface area contributed by atoms with Crippen molar-refractivity contribution in [2.24, 2.45) is 7.05 Å². The minimum absolute atomic E-state index is 0. The van der Waals surface area contributed by atoms with Crippen molar-refractivity contribution in [1.29, 1.82) is 0 Å². The molecule has 5 rings (SSSR count). The van der Waals surface area contributed by atoms with Crippen LogP contribution in [0.1, 0.15) is 36.0 Å². The van der Waals surface area contributed by atoms with E-state index in [-0.39, 0.29) is 30.2 Å². The highest BCUT2D eigenvalue weighted by molar-refractivity contribution is 6.12. The Balaban J connectivity index is 0.00000205. The summed E-state index contributed by atoms with van der Waals surface area (Å²) in [6.07, 6.45) is 4.37. The molecule has 2 unspecified atom stereocenters. The van der Waals surface area contributed by atoms with Gasteiger partial charge in [-0.2, -0.15) is 0 Å². The number of aryl methyl sites for hydroxylation is 1. The van der Waals surface area contributed by atoms with E-state index >= 15 is 0 Å². The lowest BCUT2D eigenvalue weighted by atomic mass is 9.98. The highest BCUT2D eigenvalue weighted by Crippen LogP contribution is 2.34. The number of carbonyl (C=O) groups excluding carboxylic acids is 1. The van der Waals surface area contributed by atoms with Crippen LogP contribution >= 0.6 is 12.4 Å². The van der Waals surface area contributed by atoms with E-state index < -0.39 is 0 Å². The summed E-state index contributed by atoms with van der Waals surface area (Å²) in [4.78, 5) is 13.4. The molecule has 3 aromatic rings. The lowest BCUT2D eigenvalue weighted by molar-refractivity contribution is 0.0926. The van der Waals surface area contributed by atoms with Gasteiger partial charge in [-0.3, -0.25) is 4.79 Å². The summed E-state index contributed by atoms with van der Waals surface area (Å²) in [5.74, 6) is -0.318. The minimum atomic E-state index is -0.279. The van der Waals surface area contributed by atoms with Crippen molar-refractivity contribution in [3.63, 3.8) is 0 Å². The van der Waals surface area contributed by atoms with E-state index in [0.717, 1.165) is 35.0 Å². The van der Waals surface area contributed by atoms with Crippen LogP contribution in [0.3, 0.4) is 0 Å². The number of piperidine rings is 1. The molecule has 2 atom stereocenters. The van der Waals surface area contributed by atoms with Crippen LogP contribution in [0.5, 0.6) is 0 Å². The summed E-state index contributed by atoms with van der Waals surface area (Å²) >= 11 is 0. The van der Waals surface area contributed by atoms with Crippen molar-refractivity contribution in [3.05, 3.63) is 59.9 Å². The first kappa shape index (κ1) is 19.9. The van der Waals surface area contributed by atoms with E-state index in [4.69, 9.17) is 0 Å². The lowest BCUT2D eigenvalue weighted by Crippen LogP contribution is -2.48. The molecule has 2 N–H and O–H groups in total. The SMILES string of the molecule is Cl.Cn1c(-c2ccc(F)cc2)c(C(=O)NC2CC3CCC(C2)N3)c2ccccc21. The monoisotopic (exact) mass is 413 g/mol. The Morgan fingerprint density at radius 3 is 2.41 bits per heavy atom. The molecular weight excluding hydrogens is 389 g/mol. The molecule has 1 amide bonds. The quantitative estimate of drug-likeness (QED) is 0.667. The number of hydrogen-bond acceptors (Lipinski definition) is 2. The molecule has 0 saturated carbocycles. The van der Waals surface area contributed by atoms with E-state index in [1.807, 2.05) is 35.9 Å². The van der Waals surface area contributed by atoms with E-state index in [1.165, 1.54) is 25.0 Å². The van der Waals surface area contributed by atoms with E-state index in [0.29, 0.717) is 17.6 Å². The number of halogens is 2. The number of aromatic nitrogens is 1. The Bertz CT molecular complexity index is 1030. The average Bonchev–Trinajstić information content (AvgIpc) is 3.19. The van der Waals surface area contributed by atoms with Gasteiger partial charge in [0.2, 0.25) is 0 Å². The van der Waals surface area contributed by atoms with E-state index in [1.54, 1.807) is 12.1 Å². The van der Waals surface area contributed by atoms with Crippen LogP contribution in [0.4, 0.5) is 4.39 Å². The maximum atomic E-state index is 13.5. The number of hydrogen-bond donors (Lipinski definition) is 2. The molecule has 4 nitrogen and oxygen atoms in total. The zero-order chi connectivity index (χ0) is 19.3. The van der Waals surface area contributed by atoms with Crippen molar-refractivity contribution >= 4 is 29.2 Å². The molecule has 2 bridgehead atoms. The maximum absolute atomic E-state index is 13.5. The highest BCUT2D eigenvalue weighted by Gasteiger charge is 2.35. The number of amides is 1. The summed E-state index contributed by atoms with van der Waals surface area (Å²) in [7, 11) is 1.96. The molecule has 2 fully saturated rings. The van der Waals surface area contributed by atoms with Gasteiger partial charge in [0.25, 0.3) is 5.91 Å². The summed E-state index contributed by atoms with van der Waals surface area (Å²) in [5.41, 5.74) is 3.35. The predicted octanol–water partition coefficient (Wildman–Crippen LogP) is 4.42. The zero-order valence-electron chi connectivity index (χ0n) is 16.3. The Kier molecular flexibility index (Phi) is 5.36. The second-order valence-corrected chi connectivity index (χ2v) is 8.09. The van der Waals surface area contributed by atoms with Crippen molar-refractivity contribution in [1.82, 2.24) is 15.2 Å². The Morgan fingerprint density at radius 2 is 1.72 bits per heavy atom. The summed E-state index contributed by atoms with van der Waals surface area (Å²) in [5, 5.41) is 7.84. The summed E-state index contributed by atoms with van der Waals surface area (Å²) < 4.78 is 15.5. The molecule has 2 saturated heterocycles. The molecule has 29 heavy (non-hydrogen) atoms. The number of nitrogens with zero attached hydrogens (tertiary/aromatic N) is 1. The Morgan fingerprint density at radius 1 is 1.07 bits per heavy atom. The van der Waals surface area contributed by atoms with Gasteiger partial charge in [-0.15, -0.1) is 12.4 Å². The predicted molar refractivity (Wildman–Crippen MR) is 116 cm³/mol. The van der Waals surface area contributed by atoms with Gasteiger partial charge in [-0.25, -0.2) is 4.39 Å². The third kappa shape index (κ3) is 3.53. The zero-order valence-corrected chi connectivity index (χ0v) is 17.1. The van der Waals surface area contributed by atoms with Gasteiger partial charge in [0.15, 0.2) is 0 Å². The van der Waals surface area contributed by atoms with Crippen LogP contribution in [0.2, 0.25) is 0 Å². The van der Waals surface area contributed by atoms with Gasteiger partial charge < -0.3 is 15.2 Å². The molecule has 3 heterocycles. The maximum Gasteiger partial charge on any atom is 0.254 e. The molecule has 0 spiro atoms. The van der Waals surface area contributed by atoms with Crippen LogP contribution < -0.4 is 10.6 Å². The van der Waals surface area contributed by atoms with Gasteiger partial charge in [-0.05, 0) is 61.6 Å². The fourth-order valence-corrected chi connectivity index (χ4v) is 5.00. The number of rotatable bonds is 3. The number of carbonyl (C=O) groups is 1. The average molecular weight is 414 g/mol. The summed E-state index contributed by atoms with van der Waals surface area (Å²) in [6.45, 7) is 0. The molecule has 2 aliphatic rings. The number of benzene rings is 2. The van der Waals surface area contributed by atoms with Crippen molar-refractivity contribution in [2.75, 3.05) is 0 Å². The summed E-state index contributed by atoms with van der Waals surface area (Å²) in [6, 6.07) is 15.6. The molecule has 2 aromatic carbocycles. The van der Waals surface area contributed by atoms with Gasteiger partial charge in [0.05, 0.1) is 11.3 Å². The standard InChI is InChI=1S/C23H24FN3O.ClH/c1-27-20-5-3-2-4-19(20)21(22(27)14-6-8-15(24)9-7-14)23(28)26-18-12-16-10-11-17(13-18)25-16;/h2-9,16-18,25H,10-13H2,1H3,(H,26,28);1H. The lowest BCUT2D eigenvalue weighted by Gasteiger charge is -2.29. The molecule has 2 aliphatic heterocycles. The normalized spacial score (nSPS) is 23.0. The van der Waals surface area contributed by atoms with Crippen LogP contribution in [0.25, 0.3) is 22.2 Å². The van der Waals surface area contributed by atoms with Gasteiger partial charge in [-0.1, -0.05) is 18.2 Å². The van der Waals surface area contributed by atoms with Crippen LogP contribution in [0, 0.1) is 5.82 Å². The van der Waals surface area contributed by atoms with Gasteiger partial charge in [0, 0.05) is 36.1 Å². The third-order valence-corrected chi connectivity index (χ3v) is 6.26. The van der Waals surface area contributed by atoms with Gasteiger partial charge >= 0.3 is 0 Å². The molecule has 0 radical (unpaired) electrons. The van der Waals surface area contributed by atoms with Crippen molar-refractivity contribution in [3.8, 4) is 11.3 Å². The smallest absolute Gasteiger partial charge is 0.254 e. The second-order valence-electron chi connectivity index (χ2n) is 8.09. The molecule has 0 aliphatic carbocycles. The van der Waals surface area contributed by atoms with Crippen LogP contribution in [0.15, 0.2) is 48.5 Å². The number of para-hydroxylation sites is 1. The first-order valence-electron chi connectivity index (χ1n) is 10.0. The fraction of sp³-hybridized carbons (Fsp3) is 0.348. The Hall–Kier alpha value is -2.37. The number of fused-ring (bicyclic) bond motifs is 3. The van der Waals surface area contributed by atoms with Gasteiger partial charge in [0.1, 0.15) is 5.82 Å². The fourth-order valence-electron chi connectivity index (χ4n) is 5.00. The molecule has 152 valence electrons. The van der Waals surface area contributed by atoms with Crippen LogP contribution in [-0.4, -0.2) is 28.6 Å². The van der Waals surface area contributed by atoms with E-state index in [9.17, 15) is 9.18 Å². The first-order chi connectivity index (χ1) is 13.6. The molecular formula is C23H25ClFN3O. The second kappa shape index (κ2) is 7.81. The molecule has 1 aromatic heterocycles. The first-order valence-corrected chi connectivity index (χ1v) is 10.0. The van der Waals surface area contributed by atoms with Crippen LogP contribution in [-0.2, 0) is 7.05 Å². The van der Waals surface area contributed by atoms with E-state index in [2.05, 4.69) is 10.6 Å². The highest BCUT2D eigenvalue weighted by atomic mass is 35.5. The molecule has 6 heteroatoms. The third-order valence-electron chi connectivity index (χ3n) is 6.26. The Labute approximate surface area is 175 Å². The minimum Gasteiger partial charge on any atom is -0.349 e. The van der Waals surface area contributed by atoms with Crippen molar-refractivity contribution in [2.45, 2.75) is 43.8 Å². The largest absolute Gasteiger partial charge is 0.349 e. The van der Waals surface area contributed by atoms with Crippen molar-refractivity contribution < 1.29 is 9.18 Å². The number of nitrogens with one attached hydrogen (secondary N) is 2. The topological polar surface area (TPSA) is 46.1 Å².